The fraction of sp³-hybridized carbons (Fsp3) is 0.0857. The van der Waals surface area contributed by atoms with Crippen molar-refractivity contribution in [2.75, 3.05) is 27.7 Å². The molecule has 5 aromatic carbocycles. The van der Waals surface area contributed by atoms with Crippen LogP contribution in [0.4, 0.5) is 22.7 Å². The van der Waals surface area contributed by atoms with Gasteiger partial charge in [-0.1, -0.05) is 72.8 Å². The summed E-state index contributed by atoms with van der Waals surface area (Å²) < 4.78 is 28.6. The van der Waals surface area contributed by atoms with Crippen molar-refractivity contribution in [3.05, 3.63) is 121 Å². The normalized spacial score (nSPS) is 10.5. The molecule has 252 valence electrons. The number of rotatable bonds is 9. The molecule has 0 spiro atoms. The molecule has 2 heterocycles. The molecule has 7 aromatic rings. The molecule has 0 aliphatic heterocycles. The van der Waals surface area contributed by atoms with Crippen molar-refractivity contribution >= 4 is 101 Å². The van der Waals surface area contributed by atoms with Crippen molar-refractivity contribution < 1.29 is 24.8 Å². The van der Waals surface area contributed by atoms with Gasteiger partial charge in [0.2, 0.25) is 10.0 Å². The number of para-hydroxylation sites is 4. The van der Waals surface area contributed by atoms with E-state index >= 15 is 0 Å². The van der Waals surface area contributed by atoms with E-state index in [4.69, 9.17) is 9.97 Å². The second kappa shape index (κ2) is 16.9. The largest absolute Gasteiger partial charge is 0.412 e. The Morgan fingerprint density at radius 3 is 1.31 bits per heavy atom. The predicted octanol–water partition coefficient (Wildman–Crippen LogP) is 6.45. The summed E-state index contributed by atoms with van der Waals surface area (Å²) in [6.07, 6.45) is 0.447. The van der Waals surface area contributed by atoms with Gasteiger partial charge in [0, 0.05) is 39.5 Å². The number of nitrogens with zero attached hydrogens (tertiary/aromatic N) is 2. The standard InChI is InChI=1S/C35H29N5O2S.2ClH.3H2O/c41-43(42,23-9-22-36-34-26-10-1-5-14-30(26)38-31-15-6-2-11-27(31)34)40-25-20-18-24(19-21-25)37-35-28-12-3-7-16-32(28)39-33-17-8-4-13-29(33)35;;;;;/h1-8,10-21,40H,9,22-23H2,(H,36,38)(H,37,39);2*1H;3*1H2. The van der Waals surface area contributed by atoms with Crippen molar-refractivity contribution in [1.29, 1.82) is 0 Å². The highest BCUT2D eigenvalue weighted by atomic mass is 35.5. The molecular weight excluding hydrogens is 673 g/mol. The molecule has 0 aliphatic rings. The van der Waals surface area contributed by atoms with E-state index in [1.54, 1.807) is 12.1 Å². The third-order valence-electron chi connectivity index (χ3n) is 7.49. The molecule has 48 heavy (non-hydrogen) atoms. The summed E-state index contributed by atoms with van der Waals surface area (Å²) in [4.78, 5) is 9.54. The molecule has 0 bridgehead atoms. The van der Waals surface area contributed by atoms with Crippen molar-refractivity contribution in [3.8, 4) is 0 Å². The zero-order valence-corrected chi connectivity index (χ0v) is 28.1. The van der Waals surface area contributed by atoms with Crippen LogP contribution in [0.2, 0.25) is 0 Å². The molecule has 0 aliphatic carbocycles. The number of fused-ring (bicyclic) bond motifs is 4. The predicted molar refractivity (Wildman–Crippen MR) is 204 cm³/mol. The van der Waals surface area contributed by atoms with Crippen molar-refractivity contribution in [3.63, 3.8) is 0 Å². The van der Waals surface area contributed by atoms with Crippen LogP contribution in [0.5, 0.6) is 0 Å². The third kappa shape index (κ3) is 8.20. The van der Waals surface area contributed by atoms with Gasteiger partial charge in [-0.2, -0.15) is 0 Å². The summed E-state index contributed by atoms with van der Waals surface area (Å²) in [6.45, 7) is 0.510. The Labute approximate surface area is 290 Å². The van der Waals surface area contributed by atoms with Crippen LogP contribution in [0.15, 0.2) is 121 Å². The van der Waals surface area contributed by atoms with Crippen LogP contribution in [-0.4, -0.2) is 47.1 Å². The lowest BCUT2D eigenvalue weighted by Crippen LogP contribution is -2.19. The molecule has 0 atom stereocenters. The van der Waals surface area contributed by atoms with Crippen LogP contribution >= 0.6 is 24.8 Å². The maximum absolute atomic E-state index is 12.9. The molecule has 10 nitrogen and oxygen atoms in total. The second-order valence-corrected chi connectivity index (χ2v) is 12.3. The van der Waals surface area contributed by atoms with Crippen molar-refractivity contribution in [1.82, 2.24) is 9.97 Å². The topological polar surface area (TPSA) is 191 Å². The number of hydrogen-bond donors (Lipinski definition) is 3. The molecule has 13 heteroatoms. The first-order valence-corrected chi connectivity index (χ1v) is 15.9. The zero-order valence-electron chi connectivity index (χ0n) is 25.6. The lowest BCUT2D eigenvalue weighted by molar-refractivity contribution is 0.599. The Hall–Kier alpha value is -4.75. The first-order valence-electron chi connectivity index (χ1n) is 14.2. The van der Waals surface area contributed by atoms with Gasteiger partial charge in [-0.15, -0.1) is 24.8 Å². The van der Waals surface area contributed by atoms with Gasteiger partial charge < -0.3 is 27.1 Å². The zero-order chi connectivity index (χ0) is 29.2. The van der Waals surface area contributed by atoms with Gasteiger partial charge in [0.25, 0.3) is 0 Å². The summed E-state index contributed by atoms with van der Waals surface area (Å²) in [7, 11) is -3.53. The highest BCUT2D eigenvalue weighted by Crippen LogP contribution is 2.34. The Morgan fingerprint density at radius 1 is 0.500 bits per heavy atom. The number of benzene rings is 5. The number of halogens is 2. The van der Waals surface area contributed by atoms with Gasteiger partial charge in [0.15, 0.2) is 0 Å². The Morgan fingerprint density at radius 2 is 0.875 bits per heavy atom. The van der Waals surface area contributed by atoms with Crippen LogP contribution in [0.1, 0.15) is 6.42 Å². The van der Waals surface area contributed by atoms with E-state index in [2.05, 4.69) is 15.4 Å². The minimum Gasteiger partial charge on any atom is -0.412 e. The fourth-order valence-electron chi connectivity index (χ4n) is 5.48. The number of nitrogens with one attached hydrogen (secondary N) is 3. The number of anilines is 4. The molecule has 0 saturated heterocycles. The van der Waals surface area contributed by atoms with E-state index in [0.29, 0.717) is 18.7 Å². The lowest BCUT2D eigenvalue weighted by atomic mass is 10.1. The van der Waals surface area contributed by atoms with Gasteiger partial charge >= 0.3 is 0 Å². The number of aromatic nitrogens is 2. The first kappa shape index (κ1) is 39.4. The minimum absolute atomic E-state index is 0. The van der Waals surface area contributed by atoms with Crippen LogP contribution in [0, 0.1) is 0 Å². The van der Waals surface area contributed by atoms with Gasteiger partial charge in [0.1, 0.15) is 0 Å². The SMILES string of the molecule is Cl.Cl.O.O.O.O=S(=O)(CCCNc1c2ccccc2nc2ccccc12)Nc1ccc(Nc2c3ccccc3nc3ccccc23)cc1. The quantitative estimate of drug-likeness (QED) is 0.114. The number of pyridine rings is 2. The van der Waals surface area contributed by atoms with Gasteiger partial charge in [0.05, 0.1) is 39.2 Å². The molecule has 0 radical (unpaired) electrons. The highest BCUT2D eigenvalue weighted by Gasteiger charge is 2.13. The maximum atomic E-state index is 12.9. The van der Waals surface area contributed by atoms with E-state index < -0.39 is 10.0 Å². The van der Waals surface area contributed by atoms with Gasteiger partial charge in [-0.3, -0.25) is 4.72 Å². The Kier molecular flexibility index (Phi) is 13.9. The van der Waals surface area contributed by atoms with E-state index in [0.717, 1.165) is 60.7 Å². The molecule has 0 amide bonds. The Balaban J connectivity index is 0.00000160. The average molecular weight is 711 g/mol. The molecule has 0 unspecified atom stereocenters. The molecule has 0 saturated carbocycles. The summed E-state index contributed by atoms with van der Waals surface area (Å²) in [5, 5.41) is 11.1. The average Bonchev–Trinajstić information content (AvgIpc) is 3.03. The van der Waals surface area contributed by atoms with E-state index in [1.807, 2.05) is 109 Å². The van der Waals surface area contributed by atoms with Gasteiger partial charge in [-0.05, 0) is 55.0 Å². The highest BCUT2D eigenvalue weighted by molar-refractivity contribution is 7.92. The molecule has 2 aromatic heterocycles. The molecule has 9 N–H and O–H groups in total. The van der Waals surface area contributed by atoms with Gasteiger partial charge in [-0.25, -0.2) is 18.4 Å². The molecular formula is C35H37Cl2N5O5S. The van der Waals surface area contributed by atoms with Crippen molar-refractivity contribution in [2.45, 2.75) is 6.42 Å². The first-order chi connectivity index (χ1) is 21.0. The van der Waals surface area contributed by atoms with Crippen LogP contribution in [0.25, 0.3) is 43.6 Å². The summed E-state index contributed by atoms with van der Waals surface area (Å²) in [5.41, 5.74) is 6.95. The monoisotopic (exact) mass is 709 g/mol. The smallest absolute Gasteiger partial charge is 0.232 e. The number of sulfonamides is 1. The summed E-state index contributed by atoms with van der Waals surface area (Å²) >= 11 is 0. The van der Waals surface area contributed by atoms with Crippen molar-refractivity contribution in [2.24, 2.45) is 0 Å². The summed E-state index contributed by atoms with van der Waals surface area (Å²) in [6, 6.07) is 39.3. The maximum Gasteiger partial charge on any atom is 0.232 e. The van der Waals surface area contributed by atoms with E-state index in [-0.39, 0.29) is 47.0 Å². The van der Waals surface area contributed by atoms with E-state index in [9.17, 15) is 8.42 Å². The van der Waals surface area contributed by atoms with E-state index in [1.165, 1.54) is 0 Å². The molecule has 0 fully saturated rings. The number of hydrogen-bond acceptors (Lipinski definition) is 6. The third-order valence-corrected chi connectivity index (χ3v) is 8.87. The second-order valence-electron chi connectivity index (χ2n) is 10.4. The Bertz CT molecular complexity index is 2130. The molecule has 7 rings (SSSR count). The van der Waals surface area contributed by atoms with Crippen LogP contribution < -0.4 is 15.4 Å². The van der Waals surface area contributed by atoms with Crippen LogP contribution in [0.3, 0.4) is 0 Å². The minimum atomic E-state index is -3.53. The van der Waals surface area contributed by atoms with Crippen LogP contribution in [-0.2, 0) is 10.0 Å². The summed E-state index contributed by atoms with van der Waals surface area (Å²) in [5.74, 6) is -0.00402. The lowest BCUT2D eigenvalue weighted by Gasteiger charge is -2.15. The fourth-order valence-corrected chi connectivity index (χ4v) is 6.60.